The van der Waals surface area contributed by atoms with E-state index in [1.165, 1.54) is 5.01 Å². The third-order valence-corrected chi connectivity index (χ3v) is 12.2. The minimum absolute atomic E-state index is 0.0526. The van der Waals surface area contributed by atoms with Crippen LogP contribution in [0.5, 0.6) is 11.5 Å². The lowest BCUT2D eigenvalue weighted by atomic mass is 9.94. The minimum Gasteiger partial charge on any atom is -0.493 e. The van der Waals surface area contributed by atoms with Gasteiger partial charge in [-0.1, -0.05) is 12.1 Å². The Bertz CT molecular complexity index is 2350. The number of nitrogens with zero attached hydrogens (tertiary/aromatic N) is 5. The van der Waals surface area contributed by atoms with Crippen molar-refractivity contribution in [1.82, 2.24) is 25.4 Å². The van der Waals surface area contributed by atoms with Gasteiger partial charge in [-0.3, -0.25) is 34.2 Å². The summed E-state index contributed by atoms with van der Waals surface area (Å²) in [6.07, 6.45) is 1.03. The molecule has 4 heterocycles. The van der Waals surface area contributed by atoms with E-state index in [9.17, 15) is 28.8 Å². The van der Waals surface area contributed by atoms with Crippen LogP contribution < -0.4 is 30.3 Å². The summed E-state index contributed by atoms with van der Waals surface area (Å²) in [4.78, 5) is 80.6. The Morgan fingerprint density at radius 1 is 0.750 bits per heavy atom. The molecule has 4 aliphatic heterocycles. The summed E-state index contributed by atoms with van der Waals surface area (Å²) < 4.78 is 33.6. The molecule has 7 amide bonds. The highest BCUT2D eigenvalue weighted by Gasteiger charge is 2.44. The Labute approximate surface area is 395 Å². The normalized spacial score (nSPS) is 18.1. The first-order valence-electron chi connectivity index (χ1n) is 22.9. The number of methoxy groups -OCH3 is 2. The van der Waals surface area contributed by atoms with E-state index in [1.807, 2.05) is 48.2 Å². The molecule has 3 aromatic carbocycles. The molecule has 7 rings (SSSR count). The summed E-state index contributed by atoms with van der Waals surface area (Å²) in [5, 5.41) is 14.4. The van der Waals surface area contributed by atoms with Gasteiger partial charge in [0.25, 0.3) is 11.8 Å². The Hall–Kier alpha value is -6.61. The summed E-state index contributed by atoms with van der Waals surface area (Å²) >= 11 is 0. The number of hydrogen-bond donors (Lipinski definition) is 3. The highest BCUT2D eigenvalue weighted by atomic mass is 16.6. The fourth-order valence-electron chi connectivity index (χ4n) is 8.52. The zero-order valence-electron chi connectivity index (χ0n) is 39.0. The van der Waals surface area contributed by atoms with Gasteiger partial charge in [-0.25, -0.2) is 9.80 Å². The fourth-order valence-corrected chi connectivity index (χ4v) is 8.52. The number of benzene rings is 3. The van der Waals surface area contributed by atoms with Crippen molar-refractivity contribution in [2.45, 2.75) is 44.7 Å². The first-order chi connectivity index (χ1) is 33.0. The lowest BCUT2D eigenvalue weighted by Gasteiger charge is -2.36. The number of hydrogen-bond acceptors (Lipinski definition) is 15. The molecule has 3 aromatic rings. The average molecular weight is 941 g/mol. The second-order valence-corrected chi connectivity index (χ2v) is 16.5. The van der Waals surface area contributed by atoms with Crippen molar-refractivity contribution in [2.75, 3.05) is 117 Å². The van der Waals surface area contributed by atoms with Crippen LogP contribution in [0.1, 0.15) is 63.6 Å². The number of carbonyl (C=O) groups excluding carboxylic acids is 6. The first-order valence-corrected chi connectivity index (χ1v) is 22.9. The smallest absolute Gasteiger partial charge is 0.337 e. The summed E-state index contributed by atoms with van der Waals surface area (Å²) in [7, 11) is 4.79. The van der Waals surface area contributed by atoms with Gasteiger partial charge in [-0.2, -0.15) is 5.10 Å². The van der Waals surface area contributed by atoms with Crippen molar-refractivity contribution >= 4 is 52.7 Å². The molecule has 2 saturated heterocycles. The van der Waals surface area contributed by atoms with E-state index >= 15 is 0 Å². The number of amides is 7. The van der Waals surface area contributed by atoms with Crippen molar-refractivity contribution in [3.8, 4) is 11.5 Å². The number of piperazine rings is 1. The number of hydrazone groups is 1. The molecule has 20 heteroatoms. The van der Waals surface area contributed by atoms with Gasteiger partial charge in [-0.15, -0.1) is 0 Å². The zero-order valence-corrected chi connectivity index (χ0v) is 39.0. The number of nitrogens with one attached hydrogen (secondary N) is 3. The fraction of sp³-hybridized carbons (Fsp3) is 0.479. The van der Waals surface area contributed by atoms with Crippen LogP contribution in [0.15, 0.2) is 59.7 Å². The van der Waals surface area contributed by atoms with Crippen LogP contribution in [0, 0.1) is 0 Å². The number of imide groups is 2. The first kappa shape index (κ1) is 49.3. The summed E-state index contributed by atoms with van der Waals surface area (Å²) in [5.41, 5.74) is 5.46. The van der Waals surface area contributed by atoms with E-state index in [2.05, 4.69) is 20.9 Å². The van der Waals surface area contributed by atoms with Gasteiger partial charge in [0.2, 0.25) is 17.7 Å². The van der Waals surface area contributed by atoms with Crippen molar-refractivity contribution in [3.05, 3.63) is 82.4 Å². The van der Waals surface area contributed by atoms with Crippen LogP contribution in [0.4, 0.5) is 16.2 Å². The van der Waals surface area contributed by atoms with Crippen LogP contribution in [0.25, 0.3) is 0 Å². The molecule has 364 valence electrons. The lowest BCUT2D eigenvalue weighted by Crippen LogP contribution is -2.54. The van der Waals surface area contributed by atoms with Gasteiger partial charge < -0.3 is 48.9 Å². The lowest BCUT2D eigenvalue weighted by molar-refractivity contribution is -0.136. The number of urea groups is 1. The highest BCUT2D eigenvalue weighted by molar-refractivity contribution is 6.23. The van der Waals surface area contributed by atoms with Crippen LogP contribution in [0.3, 0.4) is 0 Å². The van der Waals surface area contributed by atoms with E-state index in [-0.39, 0.29) is 41.9 Å². The number of fused-ring (bicyclic) bond motifs is 2. The van der Waals surface area contributed by atoms with Crippen LogP contribution in [0.2, 0.25) is 0 Å². The molecule has 0 radical (unpaired) electrons. The molecule has 3 N–H and O–H groups in total. The molecule has 0 aliphatic carbocycles. The highest BCUT2D eigenvalue weighted by Crippen LogP contribution is 2.35. The van der Waals surface area contributed by atoms with E-state index in [4.69, 9.17) is 33.5 Å². The Kier molecular flexibility index (Phi) is 17.0. The minimum atomic E-state index is -1.01. The number of carbonyl (C=O) groups is 6. The van der Waals surface area contributed by atoms with E-state index in [0.717, 1.165) is 27.3 Å². The number of rotatable bonds is 21. The maximum Gasteiger partial charge on any atom is 0.337 e. The van der Waals surface area contributed by atoms with Crippen molar-refractivity contribution in [2.24, 2.45) is 5.10 Å². The number of ether oxygens (including phenoxy) is 6. The molecule has 0 aromatic heterocycles. The second kappa shape index (κ2) is 23.4. The molecule has 0 bridgehead atoms. The third-order valence-electron chi connectivity index (χ3n) is 12.2. The maximum absolute atomic E-state index is 13.0. The molecule has 0 spiro atoms. The van der Waals surface area contributed by atoms with Gasteiger partial charge in [0.1, 0.15) is 6.04 Å². The van der Waals surface area contributed by atoms with Crippen LogP contribution in [-0.2, 0) is 39.8 Å². The predicted molar refractivity (Wildman–Crippen MR) is 249 cm³/mol. The van der Waals surface area contributed by atoms with E-state index in [1.54, 1.807) is 39.5 Å². The largest absolute Gasteiger partial charge is 0.493 e. The molecule has 2 fully saturated rings. The maximum atomic E-state index is 13.0. The molecule has 68 heavy (non-hydrogen) atoms. The SMILES string of the molecule is CNC(=O)N1N=C(c2ccc(N3CCN(C(=O)CCOCCOCCOCCOCCNc4ccc5c(c4)C(=O)N(C4CCC(=O)NC4=O)C5=O)CC3)cc2)c2cc(OC)c(OC)cc2C[C@@H]1C. The van der Waals surface area contributed by atoms with Crippen molar-refractivity contribution in [3.63, 3.8) is 0 Å². The van der Waals surface area contributed by atoms with Gasteiger partial charge >= 0.3 is 6.03 Å². The number of anilines is 2. The van der Waals surface area contributed by atoms with Gasteiger partial charge in [-0.05, 0) is 67.8 Å². The Morgan fingerprint density at radius 3 is 2.03 bits per heavy atom. The molecule has 4 aliphatic rings. The van der Waals surface area contributed by atoms with E-state index in [0.29, 0.717) is 121 Å². The predicted octanol–water partition coefficient (Wildman–Crippen LogP) is 2.66. The monoisotopic (exact) mass is 940 g/mol. The van der Waals surface area contributed by atoms with E-state index < -0.39 is 29.7 Å². The Morgan fingerprint density at radius 2 is 1.38 bits per heavy atom. The topological polar surface area (TPSA) is 219 Å². The molecular formula is C48H60N8O12. The van der Waals surface area contributed by atoms with Crippen LogP contribution >= 0.6 is 0 Å². The standard InChI is InChI=1S/C48H60N8O12/c1-31-27-33-28-40(63-3)41(64-4)30-37(33)44(52-56(31)48(62)49-2)32-5-8-35(9-6-32)53-15-17-54(18-16-53)43(58)13-19-65-21-23-67-25-26-68-24-22-66-20-14-50-34-7-10-36-38(29-34)47(61)55(46(36)60)39-11-12-42(57)51-45(39)59/h5-10,28-31,39,50H,11-27H2,1-4H3,(H,49,62)(H,51,57,59)/t31-,39?/m0/s1. The van der Waals surface area contributed by atoms with Gasteiger partial charge in [0.05, 0.1) is 96.4 Å². The molecule has 0 saturated carbocycles. The molecule has 2 atom stereocenters. The van der Waals surface area contributed by atoms with Crippen molar-refractivity contribution in [1.29, 1.82) is 0 Å². The quantitative estimate of drug-likeness (QED) is 0.103. The third kappa shape index (κ3) is 11.7. The molecule has 20 nitrogen and oxygen atoms in total. The second-order valence-electron chi connectivity index (χ2n) is 16.5. The summed E-state index contributed by atoms with van der Waals surface area (Å²) in [6, 6.07) is 15.3. The summed E-state index contributed by atoms with van der Waals surface area (Å²) in [6.45, 7) is 7.96. The number of piperidine rings is 1. The average Bonchev–Trinajstić information content (AvgIpc) is 3.49. The van der Waals surface area contributed by atoms with Gasteiger partial charge in [0.15, 0.2) is 11.5 Å². The molecule has 1 unspecified atom stereocenters. The zero-order chi connectivity index (χ0) is 48.2. The van der Waals surface area contributed by atoms with Crippen molar-refractivity contribution < 1.29 is 57.2 Å². The van der Waals surface area contributed by atoms with Gasteiger partial charge in [0, 0.05) is 68.7 Å². The molecular weight excluding hydrogens is 881 g/mol. The van der Waals surface area contributed by atoms with Crippen LogP contribution in [-0.4, -0.2) is 175 Å². The Balaban J connectivity index is 0.726. The summed E-state index contributed by atoms with van der Waals surface area (Å²) in [5.74, 6) is -0.925.